The van der Waals surface area contributed by atoms with Crippen LogP contribution in [0.2, 0.25) is 0 Å². The van der Waals surface area contributed by atoms with Gasteiger partial charge in [-0.15, -0.1) is 0 Å². The van der Waals surface area contributed by atoms with Gasteiger partial charge in [0.25, 0.3) is 0 Å². The zero-order valence-electron chi connectivity index (χ0n) is 10.5. The van der Waals surface area contributed by atoms with E-state index >= 15 is 0 Å². The Balaban J connectivity index is 2.83. The molecule has 0 fully saturated rings. The number of hydrogen-bond donors (Lipinski definition) is 1. The van der Waals surface area contributed by atoms with Crippen molar-refractivity contribution in [2.45, 2.75) is 19.8 Å². The normalized spacial score (nSPS) is 10.1. The largest absolute Gasteiger partial charge is 0.497 e. The zero-order chi connectivity index (χ0) is 12.7. The second kappa shape index (κ2) is 6.91. The molecule has 0 atom stereocenters. The average molecular weight is 236 g/mol. The van der Waals surface area contributed by atoms with Gasteiger partial charge in [0.05, 0.1) is 7.11 Å². The van der Waals surface area contributed by atoms with Crippen LogP contribution in [-0.2, 0) is 4.79 Å². The van der Waals surface area contributed by atoms with Crippen LogP contribution in [0.5, 0.6) is 5.75 Å². The fraction of sp³-hybridized carbons (Fsp3) is 0.462. The van der Waals surface area contributed by atoms with Crippen LogP contribution in [0.1, 0.15) is 19.8 Å². The molecule has 0 radical (unpaired) electrons. The van der Waals surface area contributed by atoms with Gasteiger partial charge in [-0.1, -0.05) is 6.92 Å². The maximum Gasteiger partial charge on any atom is 0.226 e. The van der Waals surface area contributed by atoms with E-state index in [1.54, 1.807) is 12.0 Å². The van der Waals surface area contributed by atoms with E-state index < -0.39 is 0 Å². The number of nitrogens with zero attached hydrogens (tertiary/aromatic N) is 1. The third-order valence-electron chi connectivity index (χ3n) is 2.57. The predicted octanol–water partition coefficient (Wildman–Crippen LogP) is 1.79. The Kier molecular flexibility index (Phi) is 5.49. The highest BCUT2D eigenvalue weighted by Gasteiger charge is 2.12. The summed E-state index contributed by atoms with van der Waals surface area (Å²) in [6, 6.07) is 7.49. The van der Waals surface area contributed by atoms with Crippen molar-refractivity contribution in [1.29, 1.82) is 0 Å². The van der Waals surface area contributed by atoms with Crippen LogP contribution in [0.3, 0.4) is 0 Å². The molecule has 1 amide bonds. The lowest BCUT2D eigenvalue weighted by Crippen LogP contribution is -2.32. The number of methoxy groups -OCH3 is 1. The highest BCUT2D eigenvalue weighted by atomic mass is 16.5. The Bertz CT molecular complexity index is 349. The van der Waals surface area contributed by atoms with Crippen molar-refractivity contribution in [1.82, 2.24) is 0 Å². The summed E-state index contributed by atoms with van der Waals surface area (Å²) in [4.78, 5) is 13.6. The van der Waals surface area contributed by atoms with E-state index in [0.29, 0.717) is 19.5 Å². The Labute approximate surface area is 102 Å². The third-order valence-corrected chi connectivity index (χ3v) is 2.57. The molecule has 0 spiro atoms. The maximum atomic E-state index is 11.8. The first-order valence-electron chi connectivity index (χ1n) is 5.87. The fourth-order valence-electron chi connectivity index (χ4n) is 1.60. The molecule has 0 aliphatic carbocycles. The second-order valence-electron chi connectivity index (χ2n) is 3.74. The van der Waals surface area contributed by atoms with Crippen LogP contribution in [0.15, 0.2) is 24.3 Å². The van der Waals surface area contributed by atoms with E-state index in [1.807, 2.05) is 31.2 Å². The molecule has 1 aromatic rings. The molecule has 0 aliphatic heterocycles. The van der Waals surface area contributed by atoms with Crippen LogP contribution < -0.4 is 15.4 Å². The van der Waals surface area contributed by atoms with E-state index in [9.17, 15) is 4.79 Å². The minimum atomic E-state index is 0.114. The van der Waals surface area contributed by atoms with Crippen molar-refractivity contribution < 1.29 is 9.53 Å². The quantitative estimate of drug-likeness (QED) is 0.819. The minimum Gasteiger partial charge on any atom is -0.497 e. The molecule has 4 nitrogen and oxygen atoms in total. The summed E-state index contributed by atoms with van der Waals surface area (Å²) in [6.45, 7) is 3.11. The molecule has 17 heavy (non-hydrogen) atoms. The molecule has 0 unspecified atom stereocenters. The van der Waals surface area contributed by atoms with Gasteiger partial charge < -0.3 is 15.4 Å². The Hall–Kier alpha value is -1.55. The molecule has 1 aromatic carbocycles. The Morgan fingerprint density at radius 3 is 2.47 bits per heavy atom. The first-order chi connectivity index (χ1) is 8.22. The smallest absolute Gasteiger partial charge is 0.226 e. The van der Waals surface area contributed by atoms with Crippen LogP contribution >= 0.6 is 0 Å². The van der Waals surface area contributed by atoms with Gasteiger partial charge in [-0.05, 0) is 37.2 Å². The molecular formula is C13H20N2O2. The number of amides is 1. The fourth-order valence-corrected chi connectivity index (χ4v) is 1.60. The van der Waals surface area contributed by atoms with Crippen molar-refractivity contribution in [3.05, 3.63) is 24.3 Å². The standard InChI is InChI=1S/C13H20N2O2/c1-3-13(16)15(10-4-9-14)11-5-7-12(17-2)8-6-11/h5-8H,3-4,9-10,14H2,1-2H3. The van der Waals surface area contributed by atoms with Crippen LogP contribution in [0, 0.1) is 0 Å². The maximum absolute atomic E-state index is 11.8. The van der Waals surface area contributed by atoms with Crippen molar-refractivity contribution in [3.63, 3.8) is 0 Å². The molecule has 4 heteroatoms. The molecule has 0 aliphatic rings. The van der Waals surface area contributed by atoms with E-state index in [-0.39, 0.29) is 5.91 Å². The number of anilines is 1. The first kappa shape index (κ1) is 13.5. The van der Waals surface area contributed by atoms with E-state index in [2.05, 4.69) is 0 Å². The van der Waals surface area contributed by atoms with Gasteiger partial charge in [0.2, 0.25) is 5.91 Å². The summed E-state index contributed by atoms with van der Waals surface area (Å²) in [5.41, 5.74) is 6.38. The van der Waals surface area contributed by atoms with Gasteiger partial charge in [0, 0.05) is 18.7 Å². The first-order valence-corrected chi connectivity index (χ1v) is 5.87. The van der Waals surface area contributed by atoms with Crippen molar-refractivity contribution >= 4 is 11.6 Å². The average Bonchev–Trinajstić information content (AvgIpc) is 2.39. The van der Waals surface area contributed by atoms with Crippen LogP contribution in [0.25, 0.3) is 0 Å². The molecule has 0 bridgehead atoms. The van der Waals surface area contributed by atoms with Crippen LogP contribution in [0.4, 0.5) is 5.69 Å². The van der Waals surface area contributed by atoms with Gasteiger partial charge in [-0.25, -0.2) is 0 Å². The van der Waals surface area contributed by atoms with Crippen molar-refractivity contribution in [2.24, 2.45) is 5.73 Å². The SMILES string of the molecule is CCC(=O)N(CCCN)c1ccc(OC)cc1. The van der Waals surface area contributed by atoms with Crippen molar-refractivity contribution in [2.75, 3.05) is 25.1 Å². The number of carbonyl (C=O) groups is 1. The van der Waals surface area contributed by atoms with Gasteiger partial charge >= 0.3 is 0 Å². The third kappa shape index (κ3) is 3.75. The van der Waals surface area contributed by atoms with E-state index in [4.69, 9.17) is 10.5 Å². The lowest BCUT2D eigenvalue weighted by Gasteiger charge is -2.22. The number of nitrogens with two attached hydrogens (primary N) is 1. The minimum absolute atomic E-state index is 0.114. The highest BCUT2D eigenvalue weighted by molar-refractivity contribution is 5.93. The molecule has 94 valence electrons. The monoisotopic (exact) mass is 236 g/mol. The summed E-state index contributed by atoms with van der Waals surface area (Å²) in [5, 5.41) is 0. The number of hydrogen-bond acceptors (Lipinski definition) is 3. The summed E-state index contributed by atoms with van der Waals surface area (Å²) in [7, 11) is 1.62. The van der Waals surface area contributed by atoms with Crippen molar-refractivity contribution in [3.8, 4) is 5.75 Å². The van der Waals surface area contributed by atoms with Gasteiger partial charge in [0.1, 0.15) is 5.75 Å². The molecule has 0 saturated carbocycles. The number of rotatable bonds is 6. The van der Waals surface area contributed by atoms with Crippen LogP contribution in [-0.4, -0.2) is 26.1 Å². The number of benzene rings is 1. The Morgan fingerprint density at radius 2 is 2.00 bits per heavy atom. The Morgan fingerprint density at radius 1 is 1.35 bits per heavy atom. The summed E-state index contributed by atoms with van der Waals surface area (Å²) in [5.74, 6) is 0.903. The lowest BCUT2D eigenvalue weighted by molar-refractivity contribution is -0.118. The molecule has 0 heterocycles. The molecule has 1 rings (SSSR count). The molecule has 2 N–H and O–H groups in total. The zero-order valence-corrected chi connectivity index (χ0v) is 10.5. The predicted molar refractivity (Wildman–Crippen MR) is 69.3 cm³/mol. The number of ether oxygens (including phenoxy) is 1. The van der Waals surface area contributed by atoms with Gasteiger partial charge in [-0.2, -0.15) is 0 Å². The molecular weight excluding hydrogens is 216 g/mol. The lowest BCUT2D eigenvalue weighted by atomic mass is 10.2. The highest BCUT2D eigenvalue weighted by Crippen LogP contribution is 2.20. The van der Waals surface area contributed by atoms with Gasteiger partial charge in [0.15, 0.2) is 0 Å². The molecule has 0 aromatic heterocycles. The summed E-state index contributed by atoms with van der Waals surface area (Å²) in [6.07, 6.45) is 1.30. The summed E-state index contributed by atoms with van der Waals surface area (Å²) >= 11 is 0. The summed E-state index contributed by atoms with van der Waals surface area (Å²) < 4.78 is 5.09. The molecule has 0 saturated heterocycles. The van der Waals surface area contributed by atoms with Gasteiger partial charge in [-0.3, -0.25) is 4.79 Å². The van der Waals surface area contributed by atoms with E-state index in [1.165, 1.54) is 0 Å². The number of carbonyl (C=O) groups excluding carboxylic acids is 1. The second-order valence-corrected chi connectivity index (χ2v) is 3.74. The van der Waals surface area contributed by atoms with E-state index in [0.717, 1.165) is 17.9 Å². The topological polar surface area (TPSA) is 55.6 Å².